The fourth-order valence-corrected chi connectivity index (χ4v) is 3.80. The Morgan fingerprint density at radius 3 is 2.78 bits per heavy atom. The van der Waals surface area contributed by atoms with Gasteiger partial charge in [0.25, 0.3) is 0 Å². The number of nitrogens with zero attached hydrogens (tertiary/aromatic N) is 5. The number of hydrogen-bond donors (Lipinski definition) is 0. The standard InChI is InChI=1S/C20H25N5O2/c1-23(12-16-7-2-3-9-21-16)19(26)11-18-14-24(20(27)15-5-4-6-15)13-17-8-10-22-25(17)18/h2-3,7-10,15,18H,4-6,11-14H2,1H3/t18-/m1/s1. The molecule has 4 rings (SSSR count). The van der Waals surface area contributed by atoms with Gasteiger partial charge in [-0.1, -0.05) is 12.5 Å². The summed E-state index contributed by atoms with van der Waals surface area (Å²) < 4.78 is 1.91. The van der Waals surface area contributed by atoms with E-state index in [2.05, 4.69) is 10.1 Å². The molecule has 1 saturated carbocycles. The lowest BCUT2D eigenvalue weighted by molar-refractivity contribution is -0.141. The maximum absolute atomic E-state index is 12.8. The minimum Gasteiger partial charge on any atom is -0.340 e. The third-order valence-corrected chi connectivity index (χ3v) is 5.61. The summed E-state index contributed by atoms with van der Waals surface area (Å²) in [5.74, 6) is 0.431. The summed E-state index contributed by atoms with van der Waals surface area (Å²) in [6.45, 7) is 1.61. The van der Waals surface area contributed by atoms with Crippen molar-refractivity contribution in [3.63, 3.8) is 0 Å². The van der Waals surface area contributed by atoms with Crippen LogP contribution in [0.5, 0.6) is 0 Å². The van der Waals surface area contributed by atoms with Crippen LogP contribution in [0.3, 0.4) is 0 Å². The normalized spacial score (nSPS) is 19.3. The molecule has 0 spiro atoms. The van der Waals surface area contributed by atoms with E-state index < -0.39 is 0 Å². The first-order valence-electron chi connectivity index (χ1n) is 9.57. The van der Waals surface area contributed by atoms with Gasteiger partial charge < -0.3 is 9.80 Å². The fraction of sp³-hybridized carbons (Fsp3) is 0.500. The first-order valence-corrected chi connectivity index (χ1v) is 9.57. The number of aromatic nitrogens is 3. The molecule has 2 aromatic rings. The van der Waals surface area contributed by atoms with Gasteiger partial charge in [0.15, 0.2) is 0 Å². The molecule has 7 nitrogen and oxygen atoms in total. The Balaban J connectivity index is 1.43. The lowest BCUT2D eigenvalue weighted by Crippen LogP contribution is -2.46. The zero-order valence-electron chi connectivity index (χ0n) is 15.6. The molecule has 2 aliphatic rings. The molecule has 142 valence electrons. The Kier molecular flexibility index (Phi) is 4.92. The SMILES string of the molecule is CN(Cc1ccccn1)C(=O)C[C@@H]1CN(C(=O)C2CCC2)Cc2ccnn21. The van der Waals surface area contributed by atoms with Crippen LogP contribution in [0.1, 0.15) is 43.1 Å². The van der Waals surface area contributed by atoms with Crippen molar-refractivity contribution in [2.24, 2.45) is 5.92 Å². The topological polar surface area (TPSA) is 71.3 Å². The Morgan fingerprint density at radius 2 is 2.07 bits per heavy atom. The summed E-state index contributed by atoms with van der Waals surface area (Å²) in [5.41, 5.74) is 1.86. The summed E-state index contributed by atoms with van der Waals surface area (Å²) >= 11 is 0. The number of fused-ring (bicyclic) bond motifs is 1. The molecule has 2 aromatic heterocycles. The Morgan fingerprint density at radius 1 is 1.22 bits per heavy atom. The zero-order valence-corrected chi connectivity index (χ0v) is 15.6. The minimum atomic E-state index is -0.119. The molecule has 3 heterocycles. The predicted octanol–water partition coefficient (Wildman–Crippen LogP) is 2.01. The highest BCUT2D eigenvalue weighted by molar-refractivity contribution is 5.80. The molecule has 1 aliphatic carbocycles. The maximum atomic E-state index is 12.8. The second kappa shape index (κ2) is 7.50. The van der Waals surface area contributed by atoms with Crippen molar-refractivity contribution in [1.82, 2.24) is 24.6 Å². The van der Waals surface area contributed by atoms with Crippen LogP contribution in [0.2, 0.25) is 0 Å². The van der Waals surface area contributed by atoms with Gasteiger partial charge in [0.2, 0.25) is 11.8 Å². The molecule has 0 bridgehead atoms. The van der Waals surface area contributed by atoms with E-state index in [9.17, 15) is 9.59 Å². The second-order valence-corrected chi connectivity index (χ2v) is 7.54. The largest absolute Gasteiger partial charge is 0.340 e. The Bertz CT molecular complexity index is 815. The Labute approximate surface area is 159 Å². The number of hydrogen-bond acceptors (Lipinski definition) is 4. The van der Waals surface area contributed by atoms with E-state index >= 15 is 0 Å². The van der Waals surface area contributed by atoms with Gasteiger partial charge in [-0.05, 0) is 31.0 Å². The number of rotatable bonds is 5. The molecule has 0 aromatic carbocycles. The van der Waals surface area contributed by atoms with Crippen molar-refractivity contribution >= 4 is 11.8 Å². The van der Waals surface area contributed by atoms with Crippen molar-refractivity contribution in [1.29, 1.82) is 0 Å². The van der Waals surface area contributed by atoms with E-state index in [1.54, 1.807) is 24.3 Å². The summed E-state index contributed by atoms with van der Waals surface area (Å²) in [4.78, 5) is 33.4. The first-order chi connectivity index (χ1) is 13.1. The van der Waals surface area contributed by atoms with E-state index in [1.165, 1.54) is 0 Å². The van der Waals surface area contributed by atoms with Crippen molar-refractivity contribution in [2.45, 2.75) is 44.8 Å². The van der Waals surface area contributed by atoms with E-state index in [0.29, 0.717) is 26.1 Å². The van der Waals surface area contributed by atoms with Gasteiger partial charge in [0.1, 0.15) is 0 Å². The van der Waals surface area contributed by atoms with Gasteiger partial charge in [-0.25, -0.2) is 0 Å². The zero-order chi connectivity index (χ0) is 18.8. The average molecular weight is 367 g/mol. The smallest absolute Gasteiger partial charge is 0.226 e. The molecule has 27 heavy (non-hydrogen) atoms. The van der Waals surface area contributed by atoms with Crippen LogP contribution in [0.25, 0.3) is 0 Å². The monoisotopic (exact) mass is 367 g/mol. The second-order valence-electron chi connectivity index (χ2n) is 7.54. The van der Waals surface area contributed by atoms with Crippen LogP contribution in [-0.2, 0) is 22.7 Å². The van der Waals surface area contributed by atoms with Crippen LogP contribution in [0.15, 0.2) is 36.7 Å². The van der Waals surface area contributed by atoms with Crippen molar-refractivity contribution < 1.29 is 9.59 Å². The quantitative estimate of drug-likeness (QED) is 0.810. The van der Waals surface area contributed by atoms with Crippen LogP contribution in [0.4, 0.5) is 0 Å². The van der Waals surface area contributed by atoms with Gasteiger partial charge in [0, 0.05) is 31.9 Å². The highest BCUT2D eigenvalue weighted by Gasteiger charge is 2.35. The first kappa shape index (κ1) is 17.7. The maximum Gasteiger partial charge on any atom is 0.226 e. The van der Waals surface area contributed by atoms with Gasteiger partial charge in [-0.2, -0.15) is 5.10 Å². The van der Waals surface area contributed by atoms with Gasteiger partial charge in [-0.15, -0.1) is 0 Å². The van der Waals surface area contributed by atoms with E-state index in [1.807, 2.05) is 33.8 Å². The molecular weight excluding hydrogens is 342 g/mol. The van der Waals surface area contributed by atoms with Crippen LogP contribution >= 0.6 is 0 Å². The molecule has 0 N–H and O–H groups in total. The Hall–Kier alpha value is -2.70. The number of pyridine rings is 1. The van der Waals surface area contributed by atoms with Crippen molar-refractivity contribution in [3.05, 3.63) is 48.0 Å². The minimum absolute atomic E-state index is 0.0325. The molecule has 0 saturated heterocycles. The number of amides is 2. The molecule has 0 unspecified atom stereocenters. The summed E-state index contributed by atoms with van der Waals surface area (Å²) in [5, 5.41) is 4.40. The van der Waals surface area contributed by atoms with Gasteiger partial charge in [0.05, 0.1) is 36.9 Å². The highest BCUT2D eigenvalue weighted by atomic mass is 16.2. The molecule has 2 amide bonds. The lowest BCUT2D eigenvalue weighted by atomic mass is 9.84. The summed E-state index contributed by atoms with van der Waals surface area (Å²) in [6.07, 6.45) is 6.93. The average Bonchev–Trinajstić information content (AvgIpc) is 3.10. The molecule has 1 fully saturated rings. The lowest BCUT2D eigenvalue weighted by Gasteiger charge is -2.38. The van der Waals surface area contributed by atoms with Crippen LogP contribution in [0, 0.1) is 5.92 Å². The third-order valence-electron chi connectivity index (χ3n) is 5.61. The van der Waals surface area contributed by atoms with E-state index in [0.717, 1.165) is 30.7 Å². The molecule has 1 atom stereocenters. The highest BCUT2D eigenvalue weighted by Crippen LogP contribution is 2.31. The summed E-state index contributed by atoms with van der Waals surface area (Å²) in [6, 6.07) is 7.51. The van der Waals surface area contributed by atoms with Crippen molar-refractivity contribution in [2.75, 3.05) is 13.6 Å². The molecule has 0 radical (unpaired) electrons. The fourth-order valence-electron chi connectivity index (χ4n) is 3.80. The van der Waals surface area contributed by atoms with Crippen LogP contribution in [-0.4, -0.2) is 50.0 Å². The molecule has 1 aliphatic heterocycles. The number of carbonyl (C=O) groups is 2. The van der Waals surface area contributed by atoms with E-state index in [-0.39, 0.29) is 23.8 Å². The predicted molar refractivity (Wildman–Crippen MR) is 99.4 cm³/mol. The summed E-state index contributed by atoms with van der Waals surface area (Å²) in [7, 11) is 1.79. The van der Waals surface area contributed by atoms with Gasteiger partial charge in [-0.3, -0.25) is 19.3 Å². The molecular formula is C20H25N5O2. The third kappa shape index (κ3) is 3.72. The number of carbonyl (C=O) groups excluding carboxylic acids is 2. The molecule has 7 heteroatoms. The van der Waals surface area contributed by atoms with Gasteiger partial charge >= 0.3 is 0 Å². The van der Waals surface area contributed by atoms with Crippen molar-refractivity contribution in [3.8, 4) is 0 Å². The van der Waals surface area contributed by atoms with Crippen LogP contribution < -0.4 is 0 Å². The van der Waals surface area contributed by atoms with E-state index in [4.69, 9.17) is 0 Å².